The van der Waals surface area contributed by atoms with E-state index in [0.717, 1.165) is 32.4 Å². The van der Waals surface area contributed by atoms with Gasteiger partial charge in [-0.05, 0) is 43.4 Å². The molecule has 3 amide bonds. The number of carbonyl (C=O) groups excluding carboxylic acids is 3. The van der Waals surface area contributed by atoms with Crippen LogP contribution in [-0.2, 0) is 9.59 Å². The lowest BCUT2D eigenvalue weighted by molar-refractivity contribution is -0.130. The number of nitrogens with one attached hydrogen (secondary N) is 2. The van der Waals surface area contributed by atoms with Gasteiger partial charge in [0.2, 0.25) is 11.8 Å². The van der Waals surface area contributed by atoms with Crippen LogP contribution in [-0.4, -0.2) is 35.7 Å². The van der Waals surface area contributed by atoms with E-state index in [0.29, 0.717) is 22.9 Å². The molecule has 0 atom stereocenters. The number of halogens is 1. The van der Waals surface area contributed by atoms with Crippen LogP contribution in [0.1, 0.15) is 43.0 Å². The summed E-state index contributed by atoms with van der Waals surface area (Å²) in [7, 11) is 0. The van der Waals surface area contributed by atoms with Crippen LogP contribution in [0.25, 0.3) is 0 Å². The molecular formula is C17H22ClN3O3. The Labute approximate surface area is 146 Å². The molecule has 0 radical (unpaired) electrons. The van der Waals surface area contributed by atoms with Crippen LogP contribution < -0.4 is 10.9 Å². The van der Waals surface area contributed by atoms with E-state index in [2.05, 4.69) is 10.9 Å². The minimum Gasteiger partial charge on any atom is -0.343 e. The second kappa shape index (κ2) is 8.68. The first-order valence-electron chi connectivity index (χ1n) is 8.06. The largest absolute Gasteiger partial charge is 0.343 e. The van der Waals surface area contributed by atoms with Crippen LogP contribution in [0.2, 0.25) is 5.02 Å². The number of nitrogens with zero attached hydrogens (tertiary/aromatic N) is 1. The Hall–Kier alpha value is -2.08. The molecule has 0 aromatic heterocycles. The standard InChI is InChI=1S/C17H22ClN3O3/c1-12(22)21-9-7-13(8-10-21)5-6-16(23)19-20-17(24)14-3-2-4-15(18)11-14/h2-4,11,13H,5-10H2,1H3,(H,19,23)(H,20,24). The van der Waals surface area contributed by atoms with Crippen LogP contribution >= 0.6 is 11.6 Å². The average molecular weight is 352 g/mol. The Bertz CT molecular complexity index is 613. The van der Waals surface area contributed by atoms with Crippen LogP contribution in [0.4, 0.5) is 0 Å². The van der Waals surface area contributed by atoms with Crippen LogP contribution in [0.5, 0.6) is 0 Å². The summed E-state index contributed by atoms with van der Waals surface area (Å²) in [4.78, 5) is 36.8. The first-order chi connectivity index (χ1) is 11.5. The lowest BCUT2D eigenvalue weighted by atomic mass is 9.92. The third kappa shape index (κ3) is 5.53. The van der Waals surface area contributed by atoms with Crippen molar-refractivity contribution < 1.29 is 14.4 Å². The zero-order valence-electron chi connectivity index (χ0n) is 13.7. The molecule has 1 heterocycles. The molecule has 2 N–H and O–H groups in total. The molecule has 7 heteroatoms. The Morgan fingerprint density at radius 3 is 2.54 bits per heavy atom. The van der Waals surface area contributed by atoms with Crippen LogP contribution in [0, 0.1) is 5.92 Å². The fourth-order valence-electron chi connectivity index (χ4n) is 2.76. The van der Waals surface area contributed by atoms with Gasteiger partial charge in [0.05, 0.1) is 0 Å². The first-order valence-corrected chi connectivity index (χ1v) is 8.44. The van der Waals surface area contributed by atoms with Crippen LogP contribution in [0.15, 0.2) is 24.3 Å². The van der Waals surface area contributed by atoms with Crippen molar-refractivity contribution in [3.05, 3.63) is 34.9 Å². The minimum atomic E-state index is -0.402. The lowest BCUT2D eigenvalue weighted by Crippen LogP contribution is -2.42. The number of hydrogen-bond donors (Lipinski definition) is 2. The molecule has 2 rings (SSSR count). The fraction of sp³-hybridized carbons (Fsp3) is 0.471. The first kappa shape index (κ1) is 18.3. The van der Waals surface area contributed by atoms with Crippen molar-refractivity contribution >= 4 is 29.3 Å². The highest BCUT2D eigenvalue weighted by molar-refractivity contribution is 6.30. The number of likely N-dealkylation sites (tertiary alicyclic amines) is 1. The second-order valence-electron chi connectivity index (χ2n) is 6.00. The van der Waals surface area contributed by atoms with Gasteiger partial charge in [-0.2, -0.15) is 0 Å². The van der Waals surface area contributed by atoms with E-state index in [4.69, 9.17) is 11.6 Å². The Balaban J connectivity index is 1.67. The van der Waals surface area contributed by atoms with Gasteiger partial charge in [-0.25, -0.2) is 0 Å². The smallest absolute Gasteiger partial charge is 0.269 e. The predicted molar refractivity (Wildman–Crippen MR) is 91.3 cm³/mol. The molecule has 1 saturated heterocycles. The maximum absolute atomic E-state index is 11.9. The molecule has 0 spiro atoms. The lowest BCUT2D eigenvalue weighted by Gasteiger charge is -2.31. The average Bonchev–Trinajstić information content (AvgIpc) is 2.58. The maximum Gasteiger partial charge on any atom is 0.269 e. The summed E-state index contributed by atoms with van der Waals surface area (Å²) in [5.41, 5.74) is 5.19. The van der Waals surface area contributed by atoms with Crippen molar-refractivity contribution in [3.8, 4) is 0 Å². The van der Waals surface area contributed by atoms with Crippen molar-refractivity contribution in [2.45, 2.75) is 32.6 Å². The van der Waals surface area contributed by atoms with Crippen molar-refractivity contribution in [1.29, 1.82) is 0 Å². The summed E-state index contributed by atoms with van der Waals surface area (Å²) in [6.07, 6.45) is 2.94. The minimum absolute atomic E-state index is 0.106. The molecule has 1 fully saturated rings. The third-order valence-corrected chi connectivity index (χ3v) is 4.48. The summed E-state index contributed by atoms with van der Waals surface area (Å²) in [5.74, 6) is -0.0788. The fourth-order valence-corrected chi connectivity index (χ4v) is 2.95. The third-order valence-electron chi connectivity index (χ3n) is 4.24. The van der Waals surface area contributed by atoms with Crippen LogP contribution in [0.3, 0.4) is 0 Å². The van der Waals surface area contributed by atoms with Gasteiger partial charge in [0, 0.05) is 37.0 Å². The van der Waals surface area contributed by atoms with E-state index in [-0.39, 0.29) is 11.8 Å². The SMILES string of the molecule is CC(=O)N1CCC(CCC(=O)NNC(=O)c2cccc(Cl)c2)CC1. The summed E-state index contributed by atoms with van der Waals surface area (Å²) in [6.45, 7) is 3.09. The van der Waals surface area contributed by atoms with Gasteiger partial charge in [-0.15, -0.1) is 0 Å². The molecule has 130 valence electrons. The molecule has 24 heavy (non-hydrogen) atoms. The van der Waals surface area contributed by atoms with Gasteiger partial charge in [-0.1, -0.05) is 17.7 Å². The molecule has 1 aliphatic heterocycles. The summed E-state index contributed by atoms with van der Waals surface area (Å²) in [6, 6.07) is 6.50. The summed E-state index contributed by atoms with van der Waals surface area (Å²) < 4.78 is 0. The Morgan fingerprint density at radius 2 is 1.92 bits per heavy atom. The molecule has 1 aromatic rings. The number of carbonyl (C=O) groups is 3. The van der Waals surface area contributed by atoms with Gasteiger partial charge in [0.1, 0.15) is 0 Å². The molecule has 0 bridgehead atoms. The maximum atomic E-state index is 11.9. The van der Waals surface area contributed by atoms with Gasteiger partial charge in [-0.3, -0.25) is 25.2 Å². The number of piperidine rings is 1. The van der Waals surface area contributed by atoms with E-state index in [9.17, 15) is 14.4 Å². The van der Waals surface area contributed by atoms with E-state index in [1.165, 1.54) is 6.07 Å². The number of benzene rings is 1. The highest BCUT2D eigenvalue weighted by Gasteiger charge is 2.21. The molecule has 6 nitrogen and oxygen atoms in total. The Kier molecular flexibility index (Phi) is 6.61. The van der Waals surface area contributed by atoms with Gasteiger partial charge in [0.25, 0.3) is 5.91 Å². The zero-order valence-corrected chi connectivity index (χ0v) is 14.4. The normalized spacial score (nSPS) is 15.0. The van der Waals surface area contributed by atoms with E-state index in [1.54, 1.807) is 25.1 Å². The molecule has 0 unspecified atom stereocenters. The zero-order chi connectivity index (χ0) is 17.5. The monoisotopic (exact) mass is 351 g/mol. The topological polar surface area (TPSA) is 78.5 Å². The summed E-state index contributed by atoms with van der Waals surface area (Å²) >= 11 is 5.83. The highest BCUT2D eigenvalue weighted by atomic mass is 35.5. The molecule has 1 aromatic carbocycles. The van der Waals surface area contributed by atoms with Crippen molar-refractivity contribution in [2.75, 3.05) is 13.1 Å². The second-order valence-corrected chi connectivity index (χ2v) is 6.44. The number of hydrogen-bond acceptors (Lipinski definition) is 3. The van der Waals surface area contributed by atoms with Gasteiger partial charge in [0.15, 0.2) is 0 Å². The van der Waals surface area contributed by atoms with E-state index < -0.39 is 5.91 Å². The molecule has 1 aliphatic rings. The van der Waals surface area contributed by atoms with Crippen molar-refractivity contribution in [2.24, 2.45) is 5.92 Å². The number of amides is 3. The van der Waals surface area contributed by atoms with E-state index >= 15 is 0 Å². The molecule has 0 aliphatic carbocycles. The number of rotatable bonds is 4. The number of hydrazine groups is 1. The van der Waals surface area contributed by atoms with Gasteiger partial charge < -0.3 is 4.90 Å². The van der Waals surface area contributed by atoms with Crippen molar-refractivity contribution in [1.82, 2.24) is 15.8 Å². The predicted octanol–water partition coefficient (Wildman–Crippen LogP) is 2.14. The van der Waals surface area contributed by atoms with E-state index in [1.807, 2.05) is 4.90 Å². The van der Waals surface area contributed by atoms with Gasteiger partial charge >= 0.3 is 0 Å². The summed E-state index contributed by atoms with van der Waals surface area (Å²) in [5, 5.41) is 0.464. The quantitative estimate of drug-likeness (QED) is 0.816. The molecular weight excluding hydrogens is 330 g/mol. The van der Waals surface area contributed by atoms with Crippen molar-refractivity contribution in [3.63, 3.8) is 0 Å². The molecule has 0 saturated carbocycles. The highest BCUT2D eigenvalue weighted by Crippen LogP contribution is 2.21. The Morgan fingerprint density at radius 1 is 1.21 bits per heavy atom.